The van der Waals surface area contributed by atoms with Crippen molar-refractivity contribution in [3.8, 4) is 5.75 Å². The van der Waals surface area contributed by atoms with E-state index in [9.17, 15) is 18.0 Å². The van der Waals surface area contributed by atoms with Gasteiger partial charge in [0.15, 0.2) is 0 Å². The summed E-state index contributed by atoms with van der Waals surface area (Å²) >= 11 is 1.50. The Morgan fingerprint density at radius 1 is 1.08 bits per heavy atom. The zero-order chi connectivity index (χ0) is 17.9. The topological polar surface area (TPSA) is 32.8 Å². The third-order valence-corrected chi connectivity index (χ3v) is 4.67. The number of hydrogen-bond donors (Lipinski definition) is 0. The molecule has 25 heavy (non-hydrogen) atoms. The summed E-state index contributed by atoms with van der Waals surface area (Å²) in [5.74, 6) is -0.169. The van der Waals surface area contributed by atoms with Gasteiger partial charge < -0.3 is 9.64 Å². The molecule has 2 heterocycles. The number of hydrogen-bond acceptors (Lipinski definition) is 4. The minimum Gasteiger partial charge on any atom is -0.406 e. The van der Waals surface area contributed by atoms with Gasteiger partial charge in [-0.15, -0.1) is 13.2 Å². The van der Waals surface area contributed by atoms with Crippen LogP contribution in [0.15, 0.2) is 41.1 Å². The maximum atomic E-state index is 12.3. The lowest BCUT2D eigenvalue weighted by atomic mass is 10.2. The molecule has 1 aliphatic heterocycles. The molecule has 134 valence electrons. The van der Waals surface area contributed by atoms with Crippen LogP contribution in [-0.2, 0) is 6.54 Å². The monoisotopic (exact) mass is 370 g/mol. The van der Waals surface area contributed by atoms with Crippen LogP contribution in [0, 0.1) is 0 Å². The lowest BCUT2D eigenvalue weighted by Crippen LogP contribution is -2.48. The standard InChI is InChI=1S/C17H17F3N2O2S/c18-17(19,20)24-15-3-1-13(2-4-15)11-21-6-8-22(9-7-21)16(23)14-5-10-25-12-14/h1-5,10,12H,6-9,11H2. The Morgan fingerprint density at radius 3 is 2.32 bits per heavy atom. The second-order valence-corrected chi connectivity index (χ2v) is 6.55. The lowest BCUT2D eigenvalue weighted by Gasteiger charge is -2.34. The number of carbonyl (C=O) groups excluding carboxylic acids is 1. The number of amides is 1. The highest BCUT2D eigenvalue weighted by Gasteiger charge is 2.31. The Hall–Kier alpha value is -2.06. The number of carbonyl (C=O) groups is 1. The van der Waals surface area contributed by atoms with Crippen molar-refractivity contribution in [3.05, 3.63) is 52.2 Å². The summed E-state index contributed by atoms with van der Waals surface area (Å²) in [5.41, 5.74) is 1.63. The van der Waals surface area contributed by atoms with Crippen LogP contribution in [0.4, 0.5) is 13.2 Å². The van der Waals surface area contributed by atoms with Crippen LogP contribution in [0.1, 0.15) is 15.9 Å². The van der Waals surface area contributed by atoms with Gasteiger partial charge in [-0.1, -0.05) is 12.1 Å². The smallest absolute Gasteiger partial charge is 0.406 e. The second kappa shape index (κ2) is 7.45. The number of piperazine rings is 1. The van der Waals surface area contributed by atoms with Gasteiger partial charge >= 0.3 is 6.36 Å². The summed E-state index contributed by atoms with van der Waals surface area (Å²) in [5, 5.41) is 3.73. The molecule has 1 amide bonds. The van der Waals surface area contributed by atoms with Crippen molar-refractivity contribution in [3.63, 3.8) is 0 Å². The first-order valence-corrected chi connectivity index (χ1v) is 8.73. The molecule has 1 aliphatic rings. The van der Waals surface area contributed by atoms with Crippen LogP contribution < -0.4 is 4.74 Å². The molecule has 0 saturated carbocycles. The first kappa shape index (κ1) is 17.8. The molecule has 0 radical (unpaired) electrons. The maximum Gasteiger partial charge on any atom is 0.573 e. The predicted octanol–water partition coefficient (Wildman–Crippen LogP) is 3.60. The summed E-state index contributed by atoms with van der Waals surface area (Å²) < 4.78 is 40.3. The molecule has 0 aliphatic carbocycles. The first-order chi connectivity index (χ1) is 11.9. The van der Waals surface area contributed by atoms with E-state index in [1.807, 2.05) is 21.7 Å². The van der Waals surface area contributed by atoms with Crippen LogP contribution in [0.3, 0.4) is 0 Å². The molecule has 0 spiro atoms. The van der Waals surface area contributed by atoms with E-state index in [0.717, 1.165) is 24.2 Å². The zero-order valence-corrected chi connectivity index (χ0v) is 14.1. The highest BCUT2D eigenvalue weighted by Crippen LogP contribution is 2.23. The van der Waals surface area contributed by atoms with E-state index in [1.165, 1.54) is 23.5 Å². The van der Waals surface area contributed by atoms with E-state index in [2.05, 4.69) is 9.64 Å². The average Bonchev–Trinajstić information content (AvgIpc) is 3.10. The van der Waals surface area contributed by atoms with Gasteiger partial charge in [0, 0.05) is 38.1 Å². The van der Waals surface area contributed by atoms with Crippen molar-refractivity contribution in [2.75, 3.05) is 26.2 Å². The van der Waals surface area contributed by atoms with E-state index in [1.54, 1.807) is 12.1 Å². The van der Waals surface area contributed by atoms with Gasteiger partial charge in [0.05, 0.1) is 5.56 Å². The predicted molar refractivity (Wildman–Crippen MR) is 88.6 cm³/mol. The Morgan fingerprint density at radius 2 is 1.76 bits per heavy atom. The van der Waals surface area contributed by atoms with Crippen molar-refractivity contribution in [1.82, 2.24) is 9.80 Å². The minimum absolute atomic E-state index is 0.0505. The van der Waals surface area contributed by atoms with Gasteiger partial charge in [-0.2, -0.15) is 11.3 Å². The normalized spacial score (nSPS) is 16.0. The molecule has 2 aromatic rings. The first-order valence-electron chi connectivity index (χ1n) is 7.79. The van der Waals surface area contributed by atoms with Gasteiger partial charge in [0.25, 0.3) is 5.91 Å². The number of halogens is 3. The largest absolute Gasteiger partial charge is 0.573 e. The third-order valence-electron chi connectivity index (χ3n) is 3.99. The fourth-order valence-electron chi connectivity index (χ4n) is 2.73. The number of thiophene rings is 1. The molecule has 0 bridgehead atoms. The summed E-state index contributed by atoms with van der Waals surface area (Å²) in [6.07, 6.45) is -4.67. The molecule has 0 atom stereocenters. The van der Waals surface area contributed by atoms with Crippen molar-refractivity contribution in [1.29, 1.82) is 0 Å². The van der Waals surface area contributed by atoms with Crippen molar-refractivity contribution in [2.45, 2.75) is 12.9 Å². The van der Waals surface area contributed by atoms with Crippen molar-refractivity contribution < 1.29 is 22.7 Å². The van der Waals surface area contributed by atoms with E-state index >= 15 is 0 Å². The number of ether oxygens (including phenoxy) is 1. The van der Waals surface area contributed by atoms with Crippen LogP contribution in [0.2, 0.25) is 0 Å². The SMILES string of the molecule is O=C(c1ccsc1)N1CCN(Cc2ccc(OC(F)(F)F)cc2)CC1. The summed E-state index contributed by atoms with van der Waals surface area (Å²) in [7, 11) is 0. The Bertz CT molecular complexity index is 694. The van der Waals surface area contributed by atoms with Crippen molar-refractivity contribution >= 4 is 17.2 Å². The molecule has 3 rings (SSSR count). The van der Waals surface area contributed by atoms with E-state index in [4.69, 9.17) is 0 Å². The Kier molecular flexibility index (Phi) is 5.29. The average molecular weight is 370 g/mol. The number of rotatable bonds is 4. The van der Waals surface area contributed by atoms with Gasteiger partial charge in [0.1, 0.15) is 5.75 Å². The molecule has 4 nitrogen and oxygen atoms in total. The highest BCUT2D eigenvalue weighted by atomic mass is 32.1. The molecule has 1 fully saturated rings. The molecular formula is C17H17F3N2O2S. The number of nitrogens with zero attached hydrogens (tertiary/aromatic N) is 2. The number of benzene rings is 1. The highest BCUT2D eigenvalue weighted by molar-refractivity contribution is 7.08. The molecule has 0 unspecified atom stereocenters. The summed E-state index contributed by atoms with van der Waals surface area (Å²) in [4.78, 5) is 16.3. The molecule has 8 heteroatoms. The van der Waals surface area contributed by atoms with Crippen LogP contribution in [0.5, 0.6) is 5.75 Å². The summed E-state index contributed by atoms with van der Waals surface area (Å²) in [6.45, 7) is 3.38. The van der Waals surface area contributed by atoms with Crippen LogP contribution in [0.25, 0.3) is 0 Å². The second-order valence-electron chi connectivity index (χ2n) is 5.77. The quantitative estimate of drug-likeness (QED) is 0.824. The third kappa shape index (κ3) is 4.96. The minimum atomic E-state index is -4.67. The van der Waals surface area contributed by atoms with Crippen LogP contribution in [-0.4, -0.2) is 48.2 Å². The van der Waals surface area contributed by atoms with Gasteiger partial charge in [0.2, 0.25) is 0 Å². The van der Waals surface area contributed by atoms with Crippen LogP contribution >= 0.6 is 11.3 Å². The lowest BCUT2D eigenvalue weighted by molar-refractivity contribution is -0.274. The Balaban J connectivity index is 1.50. The van der Waals surface area contributed by atoms with Gasteiger partial charge in [-0.25, -0.2) is 0 Å². The van der Waals surface area contributed by atoms with Gasteiger partial charge in [-0.05, 0) is 29.1 Å². The van der Waals surface area contributed by atoms with E-state index < -0.39 is 6.36 Å². The molecule has 0 N–H and O–H groups in total. The molecular weight excluding hydrogens is 353 g/mol. The maximum absolute atomic E-state index is 12.3. The Labute approximate surface area is 147 Å². The van der Waals surface area contributed by atoms with E-state index in [-0.39, 0.29) is 11.7 Å². The molecule has 1 aromatic carbocycles. The van der Waals surface area contributed by atoms with Gasteiger partial charge in [-0.3, -0.25) is 9.69 Å². The van der Waals surface area contributed by atoms with Crippen molar-refractivity contribution in [2.24, 2.45) is 0 Å². The fraction of sp³-hybridized carbons (Fsp3) is 0.353. The van der Waals surface area contributed by atoms with E-state index in [0.29, 0.717) is 19.6 Å². The summed E-state index contributed by atoms with van der Waals surface area (Å²) in [6, 6.07) is 7.72. The molecule has 1 saturated heterocycles. The molecule has 1 aromatic heterocycles. The fourth-order valence-corrected chi connectivity index (χ4v) is 3.36. The zero-order valence-electron chi connectivity index (χ0n) is 13.3. The number of alkyl halides is 3.